The van der Waals surface area contributed by atoms with E-state index in [1.54, 1.807) is 0 Å². The van der Waals surface area contributed by atoms with Crippen LogP contribution in [0.1, 0.15) is 0 Å². The van der Waals surface area contributed by atoms with Crippen LogP contribution in [0.25, 0.3) is 75.6 Å². The van der Waals surface area contributed by atoms with Gasteiger partial charge in [-0.2, -0.15) is 0 Å². The van der Waals surface area contributed by atoms with Crippen LogP contribution in [0.2, 0.25) is 0 Å². The lowest BCUT2D eigenvalue weighted by molar-refractivity contribution is 1.11. The van der Waals surface area contributed by atoms with Crippen molar-refractivity contribution in [2.45, 2.75) is 0 Å². The van der Waals surface area contributed by atoms with Crippen molar-refractivity contribution in [3.8, 4) is 11.4 Å². The molecule has 0 saturated carbocycles. The molecule has 0 saturated heterocycles. The van der Waals surface area contributed by atoms with E-state index in [0.29, 0.717) is 0 Å². The molecule has 4 aromatic carbocycles. The first kappa shape index (κ1) is 21.0. The molecule has 182 valence electrons. The molecule has 0 spiro atoms. The van der Waals surface area contributed by atoms with Gasteiger partial charge in [0, 0.05) is 43.5 Å². The predicted molar refractivity (Wildman–Crippen MR) is 164 cm³/mol. The summed E-state index contributed by atoms with van der Waals surface area (Å²) in [5.41, 5.74) is 7.28. The first-order chi connectivity index (χ1) is 19.4. The Balaban J connectivity index is 1.48. The van der Waals surface area contributed by atoms with Gasteiger partial charge in [-0.3, -0.25) is 14.1 Å². The van der Waals surface area contributed by atoms with E-state index in [1.165, 1.54) is 25.6 Å². The van der Waals surface area contributed by atoms with Crippen LogP contribution in [0.4, 0.5) is 0 Å². The van der Waals surface area contributed by atoms with E-state index in [1.807, 2.05) is 29.7 Å². The molecule has 0 aliphatic carbocycles. The topological polar surface area (TPSA) is 35.6 Å². The molecule has 9 aromatic rings. The standard InChI is InChI=1S/C34H20N4S/c1-2-10-21(11-3-1)37-28-17-9-19-35-31(28)26-20-25-22-12-4-6-15-27(22)38(33(25)36-34(26)37)29-16-8-14-24-23-13-5-7-18-30(23)39-32(24)29/h1-20H. The third-order valence-electron chi connectivity index (χ3n) is 7.76. The van der Waals surface area contributed by atoms with Gasteiger partial charge in [0.2, 0.25) is 0 Å². The average Bonchev–Trinajstić information content (AvgIpc) is 3.64. The Morgan fingerprint density at radius 2 is 1.28 bits per heavy atom. The van der Waals surface area contributed by atoms with Crippen LogP contribution in [-0.2, 0) is 0 Å². The minimum Gasteiger partial charge on any atom is -0.292 e. The summed E-state index contributed by atoms with van der Waals surface area (Å²) < 4.78 is 7.15. The second-order valence-electron chi connectivity index (χ2n) is 9.88. The van der Waals surface area contributed by atoms with Gasteiger partial charge in [0.05, 0.1) is 26.9 Å². The van der Waals surface area contributed by atoms with Crippen LogP contribution in [-0.4, -0.2) is 19.1 Å². The van der Waals surface area contributed by atoms with Crippen molar-refractivity contribution >= 4 is 75.5 Å². The fourth-order valence-electron chi connectivity index (χ4n) is 6.11. The highest BCUT2D eigenvalue weighted by Gasteiger charge is 2.21. The zero-order valence-corrected chi connectivity index (χ0v) is 21.6. The van der Waals surface area contributed by atoms with Crippen molar-refractivity contribution in [1.82, 2.24) is 19.1 Å². The Morgan fingerprint density at radius 1 is 0.538 bits per heavy atom. The quantitative estimate of drug-likeness (QED) is 0.230. The van der Waals surface area contributed by atoms with Crippen LogP contribution in [0, 0.1) is 0 Å². The molecular weight excluding hydrogens is 496 g/mol. The lowest BCUT2D eigenvalue weighted by Crippen LogP contribution is -1.98. The van der Waals surface area contributed by atoms with E-state index in [4.69, 9.17) is 9.97 Å². The number of nitrogens with zero attached hydrogens (tertiary/aromatic N) is 4. The molecule has 39 heavy (non-hydrogen) atoms. The summed E-state index contributed by atoms with van der Waals surface area (Å²) in [5, 5.41) is 5.96. The van der Waals surface area contributed by atoms with Crippen molar-refractivity contribution in [2.75, 3.05) is 0 Å². The Labute approximate surface area is 227 Å². The van der Waals surface area contributed by atoms with Gasteiger partial charge in [-0.15, -0.1) is 11.3 Å². The summed E-state index contributed by atoms with van der Waals surface area (Å²) in [7, 11) is 0. The molecule has 5 aromatic heterocycles. The van der Waals surface area contributed by atoms with Gasteiger partial charge in [0.1, 0.15) is 11.3 Å². The maximum Gasteiger partial charge on any atom is 0.149 e. The summed E-state index contributed by atoms with van der Waals surface area (Å²) in [4.78, 5) is 10.3. The predicted octanol–water partition coefficient (Wildman–Crippen LogP) is 9.04. The van der Waals surface area contributed by atoms with Crippen LogP contribution in [0.5, 0.6) is 0 Å². The zero-order valence-electron chi connectivity index (χ0n) is 20.7. The van der Waals surface area contributed by atoms with Crippen molar-refractivity contribution in [3.63, 3.8) is 0 Å². The second kappa shape index (κ2) is 7.76. The van der Waals surface area contributed by atoms with Gasteiger partial charge in [0.15, 0.2) is 0 Å². The fraction of sp³-hybridized carbons (Fsp3) is 0. The molecule has 5 heteroatoms. The van der Waals surface area contributed by atoms with Gasteiger partial charge in [-0.1, -0.05) is 66.7 Å². The molecule has 0 aliphatic rings. The van der Waals surface area contributed by atoms with Crippen molar-refractivity contribution in [3.05, 3.63) is 121 Å². The van der Waals surface area contributed by atoms with E-state index in [-0.39, 0.29) is 0 Å². The molecular formula is C34H20N4S. The maximum atomic E-state index is 5.46. The number of rotatable bonds is 2. The Morgan fingerprint density at radius 3 is 2.21 bits per heavy atom. The summed E-state index contributed by atoms with van der Waals surface area (Å²) in [6.07, 6.45) is 1.87. The van der Waals surface area contributed by atoms with Crippen molar-refractivity contribution in [2.24, 2.45) is 0 Å². The van der Waals surface area contributed by atoms with Gasteiger partial charge >= 0.3 is 0 Å². The van der Waals surface area contributed by atoms with Crippen molar-refractivity contribution < 1.29 is 0 Å². The molecule has 0 atom stereocenters. The lowest BCUT2D eigenvalue weighted by atomic mass is 10.1. The first-order valence-corrected chi connectivity index (χ1v) is 13.8. The number of fused-ring (bicyclic) bond motifs is 9. The fourth-order valence-corrected chi connectivity index (χ4v) is 7.31. The minimum atomic E-state index is 0.912. The number of aromatic nitrogens is 4. The van der Waals surface area contributed by atoms with Gasteiger partial charge in [-0.25, -0.2) is 4.98 Å². The van der Waals surface area contributed by atoms with E-state index in [2.05, 4.69) is 112 Å². The van der Waals surface area contributed by atoms with Crippen LogP contribution < -0.4 is 0 Å². The Kier molecular flexibility index (Phi) is 4.18. The molecule has 0 unspecified atom stereocenters. The summed E-state index contributed by atoms with van der Waals surface area (Å²) in [5.74, 6) is 0. The minimum absolute atomic E-state index is 0.912. The highest BCUT2D eigenvalue weighted by molar-refractivity contribution is 7.26. The molecule has 5 heterocycles. The molecule has 0 amide bonds. The normalized spacial score (nSPS) is 12.1. The van der Waals surface area contributed by atoms with Gasteiger partial charge < -0.3 is 0 Å². The molecule has 0 radical (unpaired) electrons. The number of para-hydroxylation sites is 2. The summed E-state index contributed by atoms with van der Waals surface area (Å²) in [6, 6.07) is 40.8. The Bertz CT molecular complexity index is 2390. The molecule has 0 fully saturated rings. The largest absolute Gasteiger partial charge is 0.292 e. The van der Waals surface area contributed by atoms with Crippen LogP contribution in [0.3, 0.4) is 0 Å². The number of hydrogen-bond acceptors (Lipinski definition) is 3. The SMILES string of the molecule is c1ccc(-n2c3cccnc3c3cc4c5ccccc5n(-c5cccc6c5sc5ccccc56)c4nc32)cc1. The number of benzene rings is 4. The van der Waals surface area contributed by atoms with E-state index < -0.39 is 0 Å². The third kappa shape index (κ3) is 2.82. The van der Waals surface area contributed by atoms with Crippen molar-refractivity contribution in [1.29, 1.82) is 0 Å². The van der Waals surface area contributed by atoms with Crippen LogP contribution in [0.15, 0.2) is 121 Å². The number of pyridine rings is 2. The maximum absolute atomic E-state index is 5.46. The smallest absolute Gasteiger partial charge is 0.149 e. The lowest BCUT2D eigenvalue weighted by Gasteiger charge is -2.10. The molecule has 4 nitrogen and oxygen atoms in total. The van der Waals surface area contributed by atoms with E-state index >= 15 is 0 Å². The monoisotopic (exact) mass is 516 g/mol. The van der Waals surface area contributed by atoms with Gasteiger partial charge in [-0.05, 0) is 48.5 Å². The molecule has 9 rings (SSSR count). The second-order valence-corrected chi connectivity index (χ2v) is 10.9. The third-order valence-corrected chi connectivity index (χ3v) is 8.97. The summed E-state index contributed by atoms with van der Waals surface area (Å²) >= 11 is 1.85. The highest BCUT2D eigenvalue weighted by atomic mass is 32.1. The van der Waals surface area contributed by atoms with Crippen LogP contribution >= 0.6 is 11.3 Å². The Hall–Kier alpha value is -5.00. The zero-order chi connectivity index (χ0) is 25.5. The first-order valence-electron chi connectivity index (χ1n) is 13.0. The molecule has 0 N–H and O–H groups in total. The molecule has 0 aliphatic heterocycles. The number of thiophene rings is 1. The average molecular weight is 517 g/mol. The summed E-state index contributed by atoms with van der Waals surface area (Å²) in [6.45, 7) is 0. The van der Waals surface area contributed by atoms with E-state index in [9.17, 15) is 0 Å². The molecule has 0 bridgehead atoms. The highest BCUT2D eigenvalue weighted by Crippen LogP contribution is 2.41. The number of hydrogen-bond donors (Lipinski definition) is 0. The van der Waals surface area contributed by atoms with E-state index in [0.717, 1.165) is 50.0 Å². The van der Waals surface area contributed by atoms with Gasteiger partial charge in [0.25, 0.3) is 0 Å².